The highest BCUT2D eigenvalue weighted by Gasteiger charge is 2.35. The highest BCUT2D eigenvalue weighted by Crippen LogP contribution is 2.38. The van der Waals surface area contributed by atoms with Gasteiger partial charge in [0, 0.05) is 18.9 Å². The molecule has 1 aliphatic heterocycles. The predicted octanol–water partition coefficient (Wildman–Crippen LogP) is 3.89. The Kier molecular flexibility index (Phi) is 7.54. The van der Waals surface area contributed by atoms with Crippen LogP contribution in [0.5, 0.6) is 11.5 Å². The van der Waals surface area contributed by atoms with Gasteiger partial charge in [-0.15, -0.1) is 0 Å². The van der Waals surface area contributed by atoms with Gasteiger partial charge in [0.05, 0.1) is 37.4 Å². The Morgan fingerprint density at radius 2 is 1.53 bits per heavy atom. The molecule has 0 spiro atoms. The van der Waals surface area contributed by atoms with Crippen LogP contribution in [0.3, 0.4) is 0 Å². The summed E-state index contributed by atoms with van der Waals surface area (Å²) in [5.74, 6) is -1.02. The molecule has 0 aliphatic carbocycles. The van der Waals surface area contributed by atoms with Crippen LogP contribution in [0.2, 0.25) is 0 Å². The van der Waals surface area contributed by atoms with Gasteiger partial charge in [-0.2, -0.15) is 0 Å². The monoisotopic (exact) mass is 437 g/mol. The van der Waals surface area contributed by atoms with Gasteiger partial charge in [0.15, 0.2) is 0 Å². The molecular weight excluding hydrogens is 410 g/mol. The molecule has 1 heterocycles. The number of aromatic hydroxyl groups is 1. The van der Waals surface area contributed by atoms with Crippen molar-refractivity contribution in [1.82, 2.24) is 4.90 Å². The molecule has 0 atom stereocenters. The summed E-state index contributed by atoms with van der Waals surface area (Å²) in [5.41, 5.74) is 2.13. The average Bonchev–Trinajstić information content (AvgIpc) is 2.79. The van der Waals surface area contributed by atoms with Crippen molar-refractivity contribution in [2.45, 2.75) is 26.3 Å². The average molecular weight is 437 g/mol. The molecule has 2 aromatic carbocycles. The molecule has 0 radical (unpaired) electrons. The third kappa shape index (κ3) is 5.29. The maximum atomic E-state index is 12.9. The van der Waals surface area contributed by atoms with Gasteiger partial charge in [0.1, 0.15) is 11.5 Å². The minimum atomic E-state index is -0.729. The number of phenolic OH excluding ortho intramolecular Hbond substituents is 1. The largest absolute Gasteiger partial charge is 0.508 e. The van der Waals surface area contributed by atoms with Crippen LogP contribution in [0.1, 0.15) is 30.9 Å². The topological polar surface area (TPSA) is 85.3 Å². The number of rotatable bonds is 8. The van der Waals surface area contributed by atoms with Crippen LogP contribution in [0, 0.1) is 0 Å². The molecule has 7 heteroatoms. The minimum Gasteiger partial charge on any atom is -0.508 e. The lowest BCUT2D eigenvalue weighted by Gasteiger charge is -2.30. The quantitative estimate of drug-likeness (QED) is 0.627. The van der Waals surface area contributed by atoms with E-state index in [0.717, 1.165) is 11.3 Å². The molecule has 0 saturated heterocycles. The van der Waals surface area contributed by atoms with Crippen molar-refractivity contribution in [2.75, 3.05) is 20.3 Å². The molecule has 1 aliphatic rings. The van der Waals surface area contributed by atoms with Crippen molar-refractivity contribution >= 4 is 11.9 Å². The van der Waals surface area contributed by atoms with Gasteiger partial charge in [-0.05, 0) is 49.2 Å². The van der Waals surface area contributed by atoms with E-state index in [9.17, 15) is 14.7 Å². The van der Waals surface area contributed by atoms with Crippen molar-refractivity contribution in [3.63, 3.8) is 0 Å². The summed E-state index contributed by atoms with van der Waals surface area (Å²) in [4.78, 5) is 27.6. The van der Waals surface area contributed by atoms with Gasteiger partial charge in [0.25, 0.3) is 0 Å². The van der Waals surface area contributed by atoms with Gasteiger partial charge >= 0.3 is 11.9 Å². The Bertz CT molecular complexity index is 989. The van der Waals surface area contributed by atoms with E-state index in [1.807, 2.05) is 24.3 Å². The maximum absolute atomic E-state index is 12.9. The Morgan fingerprint density at radius 3 is 2.03 bits per heavy atom. The number of phenols is 1. The highest BCUT2D eigenvalue weighted by molar-refractivity contribution is 5.98. The van der Waals surface area contributed by atoms with Crippen LogP contribution in [-0.4, -0.2) is 42.3 Å². The zero-order chi connectivity index (χ0) is 23.1. The second-order valence-corrected chi connectivity index (χ2v) is 7.16. The molecule has 0 unspecified atom stereocenters. The van der Waals surface area contributed by atoms with Crippen LogP contribution in [0.4, 0.5) is 0 Å². The van der Waals surface area contributed by atoms with E-state index < -0.39 is 17.9 Å². The van der Waals surface area contributed by atoms with E-state index in [-0.39, 0.29) is 30.1 Å². The van der Waals surface area contributed by atoms with E-state index >= 15 is 0 Å². The van der Waals surface area contributed by atoms with Gasteiger partial charge in [-0.25, -0.2) is 9.59 Å². The molecule has 32 heavy (non-hydrogen) atoms. The summed E-state index contributed by atoms with van der Waals surface area (Å²) in [7, 11) is 1.60. The first kappa shape index (κ1) is 22.9. The number of ether oxygens (including phenoxy) is 3. The van der Waals surface area contributed by atoms with Gasteiger partial charge in [0.2, 0.25) is 0 Å². The first-order valence-corrected chi connectivity index (χ1v) is 10.4. The Morgan fingerprint density at radius 1 is 0.938 bits per heavy atom. The van der Waals surface area contributed by atoms with Crippen molar-refractivity contribution in [2.24, 2.45) is 0 Å². The van der Waals surface area contributed by atoms with Crippen molar-refractivity contribution in [3.05, 3.63) is 83.2 Å². The molecule has 0 fully saturated rings. The third-order valence-electron chi connectivity index (χ3n) is 4.98. The van der Waals surface area contributed by atoms with E-state index in [2.05, 4.69) is 0 Å². The highest BCUT2D eigenvalue weighted by atomic mass is 16.5. The molecule has 0 saturated carbocycles. The third-order valence-corrected chi connectivity index (χ3v) is 4.98. The standard InChI is InChI=1S/C25H27NO6/c1-4-31-24(28)21-15-26(14-17-9-11-20(30-3)12-10-17)16-22(25(29)32-5-2)23(21)18-7-6-8-19(27)13-18/h6-13,15-16,23,27H,4-5,14H2,1-3H3. The van der Waals surface area contributed by atoms with E-state index in [4.69, 9.17) is 14.2 Å². The van der Waals surface area contributed by atoms with E-state index in [0.29, 0.717) is 12.1 Å². The molecule has 1 N–H and O–H groups in total. The van der Waals surface area contributed by atoms with Crippen LogP contribution >= 0.6 is 0 Å². The molecule has 2 aromatic rings. The molecule has 0 amide bonds. The second-order valence-electron chi connectivity index (χ2n) is 7.16. The van der Waals surface area contributed by atoms with Crippen molar-refractivity contribution < 1.29 is 28.9 Å². The Balaban J connectivity index is 2.05. The van der Waals surface area contributed by atoms with Gasteiger partial charge in [-0.1, -0.05) is 24.3 Å². The lowest BCUT2D eigenvalue weighted by molar-refractivity contribution is -0.139. The SMILES string of the molecule is CCOC(=O)C1=CN(Cc2ccc(OC)cc2)C=C(C(=O)OCC)C1c1cccc(O)c1. The fourth-order valence-electron chi connectivity index (χ4n) is 3.58. The Hall–Kier alpha value is -3.74. The predicted molar refractivity (Wildman–Crippen MR) is 119 cm³/mol. The summed E-state index contributed by atoms with van der Waals surface area (Å²) in [6.07, 6.45) is 3.36. The Labute approximate surface area is 187 Å². The number of benzene rings is 2. The van der Waals surface area contributed by atoms with Crippen molar-refractivity contribution in [3.8, 4) is 11.5 Å². The van der Waals surface area contributed by atoms with E-state index in [1.54, 1.807) is 50.4 Å². The van der Waals surface area contributed by atoms with E-state index in [1.165, 1.54) is 12.1 Å². The molecule has 0 bridgehead atoms. The van der Waals surface area contributed by atoms with Crippen LogP contribution in [0.15, 0.2) is 72.1 Å². The summed E-state index contributed by atoms with van der Waals surface area (Å²) < 4.78 is 15.8. The first-order valence-electron chi connectivity index (χ1n) is 10.4. The fraction of sp³-hybridized carbons (Fsp3) is 0.280. The number of methoxy groups -OCH3 is 1. The number of carbonyl (C=O) groups is 2. The zero-order valence-electron chi connectivity index (χ0n) is 18.4. The number of esters is 2. The first-order chi connectivity index (χ1) is 15.5. The maximum Gasteiger partial charge on any atom is 0.336 e. The lowest BCUT2D eigenvalue weighted by atomic mass is 9.83. The molecule has 7 nitrogen and oxygen atoms in total. The summed E-state index contributed by atoms with van der Waals surface area (Å²) in [6, 6.07) is 14.0. The minimum absolute atomic E-state index is 0.0366. The molecular formula is C25H27NO6. The van der Waals surface area contributed by atoms with Gasteiger partial charge < -0.3 is 24.2 Å². The number of hydrogen-bond acceptors (Lipinski definition) is 7. The number of carbonyl (C=O) groups excluding carboxylic acids is 2. The molecule has 168 valence electrons. The van der Waals surface area contributed by atoms with Crippen LogP contribution in [0.25, 0.3) is 0 Å². The second kappa shape index (κ2) is 10.5. The normalized spacial score (nSPS) is 13.8. The fourth-order valence-corrected chi connectivity index (χ4v) is 3.58. The lowest BCUT2D eigenvalue weighted by Crippen LogP contribution is -2.29. The number of nitrogens with zero attached hydrogens (tertiary/aromatic N) is 1. The summed E-state index contributed by atoms with van der Waals surface area (Å²) >= 11 is 0. The molecule has 0 aromatic heterocycles. The number of hydrogen-bond donors (Lipinski definition) is 1. The summed E-state index contributed by atoms with van der Waals surface area (Å²) in [6.45, 7) is 4.26. The molecule has 3 rings (SSSR count). The van der Waals surface area contributed by atoms with Gasteiger partial charge in [-0.3, -0.25) is 0 Å². The summed E-state index contributed by atoms with van der Waals surface area (Å²) in [5, 5.41) is 10.00. The zero-order valence-corrected chi connectivity index (χ0v) is 18.4. The van der Waals surface area contributed by atoms with Crippen LogP contribution < -0.4 is 4.74 Å². The smallest absolute Gasteiger partial charge is 0.336 e. The van der Waals surface area contributed by atoms with Crippen LogP contribution in [-0.2, 0) is 25.6 Å². The van der Waals surface area contributed by atoms with Crippen molar-refractivity contribution in [1.29, 1.82) is 0 Å².